The molecule has 1 fully saturated rings. The van der Waals surface area contributed by atoms with E-state index in [-0.39, 0.29) is 0 Å². The molecule has 21 heavy (non-hydrogen) atoms. The van der Waals surface area contributed by atoms with E-state index in [9.17, 15) is 0 Å². The van der Waals surface area contributed by atoms with E-state index >= 15 is 0 Å². The van der Waals surface area contributed by atoms with Crippen LogP contribution in [0.15, 0.2) is 22.8 Å². The van der Waals surface area contributed by atoms with Crippen molar-refractivity contribution in [1.29, 1.82) is 0 Å². The molecule has 116 valence electrons. The Hall–Kier alpha value is -0.750. The Kier molecular flexibility index (Phi) is 7.96. The molecule has 1 aliphatic carbocycles. The summed E-state index contributed by atoms with van der Waals surface area (Å²) in [7, 11) is 0. The van der Waals surface area contributed by atoms with Crippen molar-refractivity contribution < 1.29 is 4.74 Å². The molecule has 0 bridgehead atoms. The van der Waals surface area contributed by atoms with Crippen molar-refractivity contribution in [2.24, 2.45) is 0 Å². The van der Waals surface area contributed by atoms with Gasteiger partial charge in [0, 0.05) is 36.8 Å². The summed E-state index contributed by atoms with van der Waals surface area (Å²) in [5.41, 5.74) is 1.17. The average Bonchev–Trinajstić information content (AvgIpc) is 2.72. The molecule has 1 heterocycles. The monoisotopic (exact) mass is 307 g/mol. The van der Waals surface area contributed by atoms with Gasteiger partial charge in [0.25, 0.3) is 0 Å². The van der Waals surface area contributed by atoms with E-state index in [0.717, 1.165) is 37.5 Å². The molecular weight excluding hydrogens is 282 g/mol. The van der Waals surface area contributed by atoms with E-state index < -0.39 is 0 Å². The molecular formula is C18H26ClNO. The summed E-state index contributed by atoms with van der Waals surface area (Å²) < 4.78 is 5.72. The first-order valence-corrected chi connectivity index (χ1v) is 8.56. The zero-order valence-electron chi connectivity index (χ0n) is 12.9. The fourth-order valence-electron chi connectivity index (χ4n) is 2.72. The zero-order chi connectivity index (χ0) is 14.8. The van der Waals surface area contributed by atoms with Crippen LogP contribution in [-0.4, -0.2) is 37.7 Å². The smallest absolute Gasteiger partial charge is 0.0478 e. The second-order valence-corrected chi connectivity index (χ2v) is 6.24. The standard InChI is InChI=1S/C18H26ClNO/c19-18-9-4-7-17(10-11-18)8-5-15-21-16-6-14-20-12-2-1-3-13-20/h10-11H,1-3,5-6,8-9,12-16H2. The largest absolute Gasteiger partial charge is 0.381 e. The van der Waals surface area contributed by atoms with Crippen LogP contribution in [0.4, 0.5) is 0 Å². The number of nitrogens with zero attached hydrogens (tertiary/aromatic N) is 1. The lowest BCUT2D eigenvalue weighted by atomic mass is 10.1. The Morgan fingerprint density at radius 1 is 1.10 bits per heavy atom. The van der Waals surface area contributed by atoms with Crippen LogP contribution >= 0.6 is 11.6 Å². The molecule has 0 spiro atoms. The summed E-state index contributed by atoms with van der Waals surface area (Å²) in [6, 6.07) is 0. The minimum Gasteiger partial charge on any atom is -0.381 e. The highest BCUT2D eigenvalue weighted by atomic mass is 35.5. The summed E-state index contributed by atoms with van der Waals surface area (Å²) in [5.74, 6) is 6.25. The predicted molar refractivity (Wildman–Crippen MR) is 89.4 cm³/mol. The molecule has 0 N–H and O–H groups in total. The summed E-state index contributed by atoms with van der Waals surface area (Å²) in [5, 5.41) is 0.825. The van der Waals surface area contributed by atoms with Crippen LogP contribution < -0.4 is 0 Å². The van der Waals surface area contributed by atoms with Gasteiger partial charge >= 0.3 is 0 Å². The number of halogens is 1. The Morgan fingerprint density at radius 3 is 2.76 bits per heavy atom. The van der Waals surface area contributed by atoms with E-state index in [0.29, 0.717) is 6.42 Å². The Labute approximate surface area is 134 Å². The van der Waals surface area contributed by atoms with E-state index in [1.165, 1.54) is 44.5 Å². The van der Waals surface area contributed by atoms with Crippen molar-refractivity contribution in [1.82, 2.24) is 4.90 Å². The molecule has 0 radical (unpaired) electrons. The predicted octanol–water partition coefficient (Wildman–Crippen LogP) is 4.12. The van der Waals surface area contributed by atoms with Crippen molar-refractivity contribution >= 4 is 11.6 Å². The van der Waals surface area contributed by atoms with Gasteiger partial charge in [0.15, 0.2) is 0 Å². The Balaban J connectivity index is 1.47. The molecule has 0 aromatic carbocycles. The molecule has 1 aliphatic heterocycles. The van der Waals surface area contributed by atoms with Gasteiger partial charge < -0.3 is 9.64 Å². The first-order valence-electron chi connectivity index (χ1n) is 8.19. The van der Waals surface area contributed by atoms with E-state index in [1.807, 2.05) is 12.2 Å². The van der Waals surface area contributed by atoms with Crippen LogP contribution in [0, 0.1) is 11.8 Å². The van der Waals surface area contributed by atoms with Gasteiger partial charge in [-0.3, -0.25) is 0 Å². The van der Waals surface area contributed by atoms with Gasteiger partial charge in [-0.05, 0) is 57.3 Å². The summed E-state index contributed by atoms with van der Waals surface area (Å²) in [4.78, 5) is 2.56. The number of piperidine rings is 1. The molecule has 2 rings (SSSR count). The third-order valence-electron chi connectivity index (χ3n) is 3.92. The molecule has 2 aliphatic rings. The fraction of sp³-hybridized carbons (Fsp3) is 0.667. The molecule has 0 aromatic rings. The van der Waals surface area contributed by atoms with Crippen molar-refractivity contribution in [3.05, 3.63) is 22.8 Å². The van der Waals surface area contributed by atoms with Gasteiger partial charge in [-0.25, -0.2) is 0 Å². The lowest BCUT2D eigenvalue weighted by Gasteiger charge is -2.26. The van der Waals surface area contributed by atoms with Gasteiger partial charge in [-0.1, -0.05) is 29.9 Å². The normalized spacial score (nSPS) is 19.3. The Bertz CT molecular complexity index is 424. The zero-order valence-corrected chi connectivity index (χ0v) is 13.6. The van der Waals surface area contributed by atoms with E-state index in [2.05, 4.69) is 16.7 Å². The van der Waals surface area contributed by atoms with Gasteiger partial charge in [0.05, 0.1) is 0 Å². The number of hydrogen-bond donors (Lipinski definition) is 0. The van der Waals surface area contributed by atoms with Crippen molar-refractivity contribution in [2.75, 3.05) is 32.8 Å². The minimum atomic E-state index is 0.675. The minimum absolute atomic E-state index is 0.675. The maximum absolute atomic E-state index is 5.95. The first-order chi connectivity index (χ1) is 10.3. The maximum atomic E-state index is 5.95. The highest BCUT2D eigenvalue weighted by Gasteiger charge is 2.08. The topological polar surface area (TPSA) is 12.5 Å². The number of allylic oxidation sites excluding steroid dienone is 4. The summed E-state index contributed by atoms with van der Waals surface area (Å²) >= 11 is 5.95. The highest BCUT2D eigenvalue weighted by molar-refractivity contribution is 6.29. The third-order valence-corrected chi connectivity index (χ3v) is 4.18. The molecule has 0 atom stereocenters. The van der Waals surface area contributed by atoms with Crippen LogP contribution in [0.3, 0.4) is 0 Å². The van der Waals surface area contributed by atoms with Crippen molar-refractivity contribution in [3.8, 4) is 11.8 Å². The molecule has 1 saturated heterocycles. The van der Waals surface area contributed by atoms with Crippen LogP contribution in [0.25, 0.3) is 0 Å². The molecule has 0 amide bonds. The van der Waals surface area contributed by atoms with Crippen molar-refractivity contribution in [2.45, 2.75) is 44.9 Å². The molecule has 0 unspecified atom stereocenters. The lowest BCUT2D eigenvalue weighted by Crippen LogP contribution is -2.31. The van der Waals surface area contributed by atoms with E-state index in [4.69, 9.17) is 16.3 Å². The number of rotatable bonds is 8. The molecule has 0 aromatic heterocycles. The third kappa shape index (κ3) is 7.18. The maximum Gasteiger partial charge on any atom is 0.0478 e. The molecule has 3 heteroatoms. The Morgan fingerprint density at radius 2 is 1.90 bits per heavy atom. The van der Waals surface area contributed by atoms with Crippen LogP contribution in [0.2, 0.25) is 0 Å². The van der Waals surface area contributed by atoms with Crippen LogP contribution in [0.5, 0.6) is 0 Å². The molecule has 0 saturated carbocycles. The van der Waals surface area contributed by atoms with Gasteiger partial charge in [-0.2, -0.15) is 0 Å². The number of ether oxygens (including phenoxy) is 1. The van der Waals surface area contributed by atoms with Gasteiger partial charge in [0.2, 0.25) is 0 Å². The lowest BCUT2D eigenvalue weighted by molar-refractivity contribution is 0.115. The number of likely N-dealkylation sites (tertiary alicyclic amines) is 1. The quantitative estimate of drug-likeness (QED) is 0.494. The van der Waals surface area contributed by atoms with Crippen LogP contribution in [-0.2, 0) is 4.74 Å². The average molecular weight is 308 g/mol. The SMILES string of the molecule is ClC1=CC=C(CCCOCCCN2CCCCC2)C#CC1. The first kappa shape index (κ1) is 16.6. The highest BCUT2D eigenvalue weighted by Crippen LogP contribution is 2.13. The second-order valence-electron chi connectivity index (χ2n) is 5.76. The second kappa shape index (κ2) is 10.1. The summed E-state index contributed by atoms with van der Waals surface area (Å²) in [6.07, 6.45) is 12.0. The van der Waals surface area contributed by atoms with Crippen molar-refractivity contribution in [3.63, 3.8) is 0 Å². The van der Waals surface area contributed by atoms with E-state index in [1.54, 1.807) is 0 Å². The summed E-state index contributed by atoms with van der Waals surface area (Å²) in [6.45, 7) is 5.47. The van der Waals surface area contributed by atoms with Gasteiger partial charge in [0.1, 0.15) is 0 Å². The molecule has 2 nitrogen and oxygen atoms in total. The fourth-order valence-corrected chi connectivity index (χ4v) is 2.85. The van der Waals surface area contributed by atoms with Gasteiger partial charge in [-0.15, -0.1) is 0 Å². The number of hydrogen-bond acceptors (Lipinski definition) is 2. The van der Waals surface area contributed by atoms with Crippen LogP contribution in [0.1, 0.15) is 44.9 Å².